The fourth-order valence-electron chi connectivity index (χ4n) is 1.67. The largest absolute Gasteiger partial charge is 0.388 e. The topological polar surface area (TPSA) is 50.7 Å². The van der Waals surface area contributed by atoms with Crippen molar-refractivity contribution in [2.45, 2.75) is 18.9 Å². The van der Waals surface area contributed by atoms with Gasteiger partial charge in [0.1, 0.15) is 6.10 Å². The number of ether oxygens (including phenoxy) is 2. The van der Waals surface area contributed by atoms with Gasteiger partial charge in [0.25, 0.3) is 0 Å². The zero-order valence-corrected chi connectivity index (χ0v) is 8.87. The molecule has 1 aliphatic rings. The van der Waals surface area contributed by atoms with Crippen molar-refractivity contribution in [3.05, 3.63) is 0 Å². The van der Waals surface area contributed by atoms with Crippen LogP contribution in [0.1, 0.15) is 12.8 Å². The van der Waals surface area contributed by atoms with Crippen LogP contribution >= 0.6 is 0 Å². The molecule has 1 fully saturated rings. The van der Waals surface area contributed by atoms with Gasteiger partial charge in [0, 0.05) is 13.7 Å². The predicted molar refractivity (Wildman–Crippen MR) is 54.3 cm³/mol. The van der Waals surface area contributed by atoms with Crippen LogP contribution in [-0.4, -0.2) is 51.2 Å². The van der Waals surface area contributed by atoms with Crippen molar-refractivity contribution < 1.29 is 14.6 Å². The summed E-state index contributed by atoms with van der Waals surface area (Å²) in [6.45, 7) is 3.73. The second-order valence-electron chi connectivity index (χ2n) is 3.83. The maximum absolute atomic E-state index is 9.28. The molecule has 0 amide bonds. The summed E-state index contributed by atoms with van der Waals surface area (Å²) >= 11 is 0. The molecule has 2 N–H and O–H groups in total. The third kappa shape index (κ3) is 4.91. The molecule has 2 unspecified atom stereocenters. The zero-order chi connectivity index (χ0) is 10.2. The molecule has 0 aliphatic carbocycles. The molecule has 4 nitrogen and oxygen atoms in total. The summed E-state index contributed by atoms with van der Waals surface area (Å²) in [5.74, 6) is 0.759. The van der Waals surface area contributed by atoms with Crippen molar-refractivity contribution in [3.63, 3.8) is 0 Å². The lowest BCUT2D eigenvalue weighted by molar-refractivity contribution is -0.00849. The van der Waals surface area contributed by atoms with Gasteiger partial charge in [0.05, 0.1) is 13.2 Å². The molecule has 1 rings (SSSR count). The first-order valence-electron chi connectivity index (χ1n) is 5.28. The van der Waals surface area contributed by atoms with E-state index in [9.17, 15) is 5.11 Å². The maximum atomic E-state index is 9.28. The van der Waals surface area contributed by atoms with E-state index in [4.69, 9.17) is 9.47 Å². The Hall–Kier alpha value is -0.160. The highest BCUT2D eigenvalue weighted by Crippen LogP contribution is 2.11. The standard InChI is InChI=1S/C10H21NO3/c1-13-7-10(12)8-14-5-3-9-2-4-11-6-9/h9-12H,2-8H2,1H3. The summed E-state index contributed by atoms with van der Waals surface area (Å²) in [6.07, 6.45) is 1.86. The fraction of sp³-hybridized carbons (Fsp3) is 1.00. The van der Waals surface area contributed by atoms with E-state index in [0.29, 0.717) is 13.2 Å². The van der Waals surface area contributed by atoms with Gasteiger partial charge in [-0.25, -0.2) is 0 Å². The van der Waals surface area contributed by atoms with Crippen molar-refractivity contribution in [3.8, 4) is 0 Å². The minimum atomic E-state index is -0.485. The van der Waals surface area contributed by atoms with Crippen molar-refractivity contribution in [2.24, 2.45) is 5.92 Å². The number of hydrogen-bond donors (Lipinski definition) is 2. The van der Waals surface area contributed by atoms with Crippen molar-refractivity contribution in [2.75, 3.05) is 40.0 Å². The first-order chi connectivity index (χ1) is 6.83. The third-order valence-corrected chi connectivity index (χ3v) is 2.50. The lowest BCUT2D eigenvalue weighted by atomic mass is 10.1. The SMILES string of the molecule is COCC(O)COCCC1CCNC1. The number of methoxy groups -OCH3 is 1. The van der Waals surface area contributed by atoms with Gasteiger partial charge < -0.3 is 19.9 Å². The molecule has 0 spiro atoms. The maximum Gasteiger partial charge on any atom is 0.101 e. The van der Waals surface area contributed by atoms with E-state index in [1.165, 1.54) is 6.42 Å². The van der Waals surface area contributed by atoms with Crippen LogP contribution in [-0.2, 0) is 9.47 Å². The van der Waals surface area contributed by atoms with E-state index in [1.807, 2.05) is 0 Å². The summed E-state index contributed by atoms with van der Waals surface area (Å²) < 4.78 is 10.1. The Labute approximate surface area is 85.6 Å². The molecular weight excluding hydrogens is 182 g/mol. The molecular formula is C10H21NO3. The molecule has 0 aromatic carbocycles. The number of nitrogens with one attached hydrogen (secondary N) is 1. The normalized spacial score (nSPS) is 24.0. The van der Waals surface area contributed by atoms with Gasteiger partial charge in [0.15, 0.2) is 0 Å². The number of hydrogen-bond acceptors (Lipinski definition) is 4. The Morgan fingerprint density at radius 2 is 2.36 bits per heavy atom. The summed E-state index contributed by atoms with van der Waals surface area (Å²) in [4.78, 5) is 0. The minimum Gasteiger partial charge on any atom is -0.388 e. The smallest absolute Gasteiger partial charge is 0.101 e. The molecule has 0 aromatic rings. The lowest BCUT2D eigenvalue weighted by Gasteiger charge is -2.11. The van der Waals surface area contributed by atoms with Gasteiger partial charge in [-0.15, -0.1) is 0 Å². The van der Waals surface area contributed by atoms with E-state index < -0.39 is 6.10 Å². The molecule has 0 radical (unpaired) electrons. The van der Waals surface area contributed by atoms with Crippen LogP contribution in [0.3, 0.4) is 0 Å². The summed E-state index contributed by atoms with van der Waals surface area (Å²) in [7, 11) is 1.58. The van der Waals surface area contributed by atoms with Gasteiger partial charge in [-0.1, -0.05) is 0 Å². The van der Waals surface area contributed by atoms with Crippen LogP contribution in [0.5, 0.6) is 0 Å². The molecule has 0 saturated carbocycles. The Kier molecular flexibility index (Phi) is 6.10. The average Bonchev–Trinajstić information content (AvgIpc) is 2.65. The van der Waals surface area contributed by atoms with Crippen LogP contribution in [0, 0.1) is 5.92 Å². The molecule has 0 bridgehead atoms. The first-order valence-corrected chi connectivity index (χ1v) is 5.28. The molecule has 1 aliphatic heterocycles. The van der Waals surface area contributed by atoms with Crippen molar-refractivity contribution in [1.82, 2.24) is 5.32 Å². The van der Waals surface area contributed by atoms with E-state index >= 15 is 0 Å². The van der Waals surface area contributed by atoms with Crippen LogP contribution in [0.2, 0.25) is 0 Å². The van der Waals surface area contributed by atoms with E-state index in [0.717, 1.165) is 32.0 Å². The Bertz CT molecular complexity index is 137. The number of rotatable bonds is 7. The fourth-order valence-corrected chi connectivity index (χ4v) is 1.67. The Balaban J connectivity index is 1.88. The molecule has 84 valence electrons. The van der Waals surface area contributed by atoms with E-state index in [2.05, 4.69) is 5.32 Å². The van der Waals surface area contributed by atoms with Gasteiger partial charge in [-0.05, 0) is 31.8 Å². The van der Waals surface area contributed by atoms with Crippen LogP contribution in [0.4, 0.5) is 0 Å². The third-order valence-electron chi connectivity index (χ3n) is 2.50. The highest BCUT2D eigenvalue weighted by atomic mass is 16.5. The Morgan fingerprint density at radius 3 is 3.00 bits per heavy atom. The van der Waals surface area contributed by atoms with Crippen molar-refractivity contribution >= 4 is 0 Å². The molecule has 0 aromatic heterocycles. The molecule has 1 heterocycles. The number of aliphatic hydroxyl groups is 1. The second-order valence-corrected chi connectivity index (χ2v) is 3.83. The molecule has 1 saturated heterocycles. The first kappa shape index (κ1) is 11.9. The highest BCUT2D eigenvalue weighted by Gasteiger charge is 2.13. The lowest BCUT2D eigenvalue weighted by Crippen LogP contribution is -2.21. The monoisotopic (exact) mass is 203 g/mol. The van der Waals surface area contributed by atoms with Gasteiger partial charge >= 0.3 is 0 Å². The second kappa shape index (κ2) is 7.17. The van der Waals surface area contributed by atoms with Crippen molar-refractivity contribution in [1.29, 1.82) is 0 Å². The molecule has 14 heavy (non-hydrogen) atoms. The van der Waals surface area contributed by atoms with Gasteiger partial charge in [-0.2, -0.15) is 0 Å². The average molecular weight is 203 g/mol. The van der Waals surface area contributed by atoms with E-state index in [-0.39, 0.29) is 0 Å². The molecule has 4 heteroatoms. The summed E-state index contributed by atoms with van der Waals surface area (Å²) in [5.41, 5.74) is 0. The quantitative estimate of drug-likeness (QED) is 0.572. The summed E-state index contributed by atoms with van der Waals surface area (Å²) in [5, 5.41) is 12.6. The highest BCUT2D eigenvalue weighted by molar-refractivity contribution is 4.70. The van der Waals surface area contributed by atoms with Crippen LogP contribution in [0.25, 0.3) is 0 Å². The zero-order valence-electron chi connectivity index (χ0n) is 8.87. The minimum absolute atomic E-state index is 0.352. The van der Waals surface area contributed by atoms with Gasteiger partial charge in [0.2, 0.25) is 0 Å². The van der Waals surface area contributed by atoms with E-state index in [1.54, 1.807) is 7.11 Å². The molecule has 2 atom stereocenters. The summed E-state index contributed by atoms with van der Waals surface area (Å²) in [6, 6.07) is 0. The predicted octanol–water partition coefficient (Wildman–Crippen LogP) is 0.00990. The Morgan fingerprint density at radius 1 is 1.50 bits per heavy atom. The number of aliphatic hydroxyl groups excluding tert-OH is 1. The van der Waals surface area contributed by atoms with Gasteiger partial charge in [-0.3, -0.25) is 0 Å². The van der Waals surface area contributed by atoms with Crippen LogP contribution in [0.15, 0.2) is 0 Å². The van der Waals surface area contributed by atoms with Crippen LogP contribution < -0.4 is 5.32 Å².